The number of ether oxygens (including phenoxy) is 1. The average Bonchev–Trinajstić information content (AvgIpc) is 2.72. The number of methoxy groups -OCH3 is 1. The second-order valence-corrected chi connectivity index (χ2v) is 6.13. The van der Waals surface area contributed by atoms with Gasteiger partial charge in [0.15, 0.2) is 5.78 Å². The van der Waals surface area contributed by atoms with Gasteiger partial charge in [-0.3, -0.25) is 4.79 Å². The van der Waals surface area contributed by atoms with Crippen LogP contribution in [0.2, 0.25) is 0 Å². The molecule has 0 unspecified atom stereocenters. The van der Waals surface area contributed by atoms with Gasteiger partial charge in [0.2, 0.25) is 0 Å². The normalized spacial score (nSPS) is 16.8. The number of hydrogen-bond acceptors (Lipinski definition) is 3. The number of nitrogens with zero attached hydrogens (tertiary/aromatic N) is 1. The van der Waals surface area contributed by atoms with E-state index in [1.165, 1.54) is 11.0 Å². The minimum Gasteiger partial charge on any atom is -0.497 e. The molecule has 2 aromatic rings. The molecule has 0 saturated carbocycles. The summed E-state index contributed by atoms with van der Waals surface area (Å²) >= 11 is 0. The van der Waals surface area contributed by atoms with Crippen LogP contribution in [0.1, 0.15) is 24.1 Å². The number of ketones is 1. The van der Waals surface area contributed by atoms with E-state index in [0.717, 1.165) is 16.9 Å². The second kappa shape index (κ2) is 8.36. The van der Waals surface area contributed by atoms with Crippen molar-refractivity contribution in [1.29, 1.82) is 0 Å². The van der Waals surface area contributed by atoms with E-state index in [1.807, 2.05) is 61.5 Å². The Morgan fingerprint density at radius 3 is 2.48 bits per heavy atom. The quantitative estimate of drug-likeness (QED) is 0.792. The Kier molecular flexibility index (Phi) is 5.71. The van der Waals surface area contributed by atoms with Crippen molar-refractivity contribution in [3.63, 3.8) is 0 Å². The Morgan fingerprint density at radius 1 is 1.15 bits per heavy atom. The molecular formula is C22H22N2O3. The van der Waals surface area contributed by atoms with Crippen molar-refractivity contribution in [2.24, 2.45) is 0 Å². The number of carbonyl (C=O) groups excluding carboxylic acids is 2. The summed E-state index contributed by atoms with van der Waals surface area (Å²) in [6.45, 7) is 2.36. The summed E-state index contributed by atoms with van der Waals surface area (Å²) in [7, 11) is 1.61. The van der Waals surface area contributed by atoms with Crippen molar-refractivity contribution in [1.82, 2.24) is 10.2 Å². The van der Waals surface area contributed by atoms with Gasteiger partial charge in [-0.25, -0.2) is 4.79 Å². The van der Waals surface area contributed by atoms with Gasteiger partial charge in [0.1, 0.15) is 5.75 Å². The Balaban J connectivity index is 1.87. The van der Waals surface area contributed by atoms with E-state index < -0.39 is 6.04 Å². The van der Waals surface area contributed by atoms with Gasteiger partial charge in [0.05, 0.1) is 13.2 Å². The highest BCUT2D eigenvalue weighted by atomic mass is 16.5. The molecule has 1 heterocycles. The average molecular weight is 362 g/mol. The molecule has 2 amide bonds. The van der Waals surface area contributed by atoms with E-state index in [4.69, 9.17) is 4.74 Å². The lowest BCUT2D eigenvalue weighted by Crippen LogP contribution is -2.44. The maximum Gasteiger partial charge on any atom is 0.322 e. The molecule has 0 fully saturated rings. The number of rotatable bonds is 6. The molecule has 5 nitrogen and oxygen atoms in total. The first-order chi connectivity index (χ1) is 13.1. The van der Waals surface area contributed by atoms with E-state index in [1.54, 1.807) is 19.4 Å². The molecule has 27 heavy (non-hydrogen) atoms. The van der Waals surface area contributed by atoms with Gasteiger partial charge in [0, 0.05) is 18.3 Å². The largest absolute Gasteiger partial charge is 0.497 e. The number of carbonyl (C=O) groups is 2. The first-order valence-corrected chi connectivity index (χ1v) is 8.82. The number of urea groups is 1. The van der Waals surface area contributed by atoms with Crippen LogP contribution in [-0.2, 0) is 4.79 Å². The Bertz CT molecular complexity index is 870. The highest BCUT2D eigenvalue weighted by molar-refractivity contribution is 6.08. The third-order valence-corrected chi connectivity index (χ3v) is 4.44. The molecule has 138 valence electrons. The monoisotopic (exact) mass is 362 g/mol. The summed E-state index contributed by atoms with van der Waals surface area (Å²) in [4.78, 5) is 26.6. The van der Waals surface area contributed by atoms with E-state index in [9.17, 15) is 9.59 Å². The fourth-order valence-electron chi connectivity index (χ4n) is 2.92. The summed E-state index contributed by atoms with van der Waals surface area (Å²) in [6, 6.07) is 16.3. The first-order valence-electron chi connectivity index (χ1n) is 8.82. The van der Waals surface area contributed by atoms with E-state index in [0.29, 0.717) is 12.1 Å². The highest BCUT2D eigenvalue weighted by Crippen LogP contribution is 2.27. The fourth-order valence-corrected chi connectivity index (χ4v) is 2.92. The van der Waals surface area contributed by atoms with Crippen molar-refractivity contribution < 1.29 is 14.3 Å². The fraction of sp³-hybridized carbons (Fsp3) is 0.182. The first kappa shape index (κ1) is 18.5. The van der Waals surface area contributed by atoms with E-state index in [-0.39, 0.29) is 11.8 Å². The molecule has 0 radical (unpaired) electrons. The molecule has 2 aromatic carbocycles. The molecule has 1 aliphatic rings. The number of amides is 2. The molecule has 0 saturated heterocycles. The summed E-state index contributed by atoms with van der Waals surface area (Å²) < 4.78 is 5.14. The molecular weight excluding hydrogens is 340 g/mol. The van der Waals surface area contributed by atoms with Crippen molar-refractivity contribution in [2.75, 3.05) is 13.7 Å². The topological polar surface area (TPSA) is 58.6 Å². The zero-order chi connectivity index (χ0) is 19.2. The van der Waals surface area contributed by atoms with Crippen molar-refractivity contribution >= 4 is 17.9 Å². The minimum atomic E-state index is -0.463. The standard InChI is InChI=1S/C22H22N2O3/c1-3-24-15-19(21(23-22(24)26)17-7-5-4-6-8-17)20(25)14-11-16-9-12-18(27-2)13-10-16/h4-15,21H,3H2,1-2H3,(H,23,26)/b14-11+/t21-/m1/s1. The minimum absolute atomic E-state index is 0.141. The molecule has 0 spiro atoms. The van der Waals surface area contributed by atoms with Crippen LogP contribution in [0.15, 0.2) is 72.4 Å². The third-order valence-electron chi connectivity index (χ3n) is 4.44. The van der Waals surface area contributed by atoms with Gasteiger partial charge in [-0.15, -0.1) is 0 Å². The predicted octanol–water partition coefficient (Wildman–Crippen LogP) is 3.95. The number of hydrogen-bond donors (Lipinski definition) is 1. The molecule has 1 aliphatic heterocycles. The van der Waals surface area contributed by atoms with Crippen molar-refractivity contribution in [3.05, 3.63) is 83.6 Å². The lowest BCUT2D eigenvalue weighted by atomic mass is 9.94. The van der Waals surface area contributed by atoms with Crippen LogP contribution in [0.5, 0.6) is 5.75 Å². The van der Waals surface area contributed by atoms with Crippen LogP contribution < -0.4 is 10.1 Å². The maximum absolute atomic E-state index is 12.9. The van der Waals surface area contributed by atoms with Gasteiger partial charge in [0.25, 0.3) is 0 Å². The van der Waals surface area contributed by atoms with Gasteiger partial charge in [-0.2, -0.15) is 0 Å². The molecule has 5 heteroatoms. The molecule has 3 rings (SSSR count). The van der Waals surface area contributed by atoms with Crippen LogP contribution in [0.4, 0.5) is 4.79 Å². The molecule has 1 atom stereocenters. The third kappa shape index (κ3) is 4.26. The van der Waals surface area contributed by atoms with Crippen LogP contribution in [0.25, 0.3) is 6.08 Å². The Hall–Kier alpha value is -3.34. The van der Waals surface area contributed by atoms with Crippen molar-refractivity contribution in [3.8, 4) is 5.75 Å². The van der Waals surface area contributed by atoms with Gasteiger partial charge < -0.3 is 15.0 Å². The Labute approximate surface area is 158 Å². The van der Waals surface area contributed by atoms with E-state index >= 15 is 0 Å². The Morgan fingerprint density at radius 2 is 1.85 bits per heavy atom. The molecule has 0 bridgehead atoms. The molecule has 0 aliphatic carbocycles. The second-order valence-electron chi connectivity index (χ2n) is 6.13. The maximum atomic E-state index is 12.9. The summed E-state index contributed by atoms with van der Waals surface area (Å²) in [5.41, 5.74) is 2.31. The summed E-state index contributed by atoms with van der Waals surface area (Å²) in [5.74, 6) is 0.622. The van der Waals surface area contributed by atoms with Crippen LogP contribution in [-0.4, -0.2) is 30.4 Å². The summed E-state index contributed by atoms with van der Waals surface area (Å²) in [5, 5.41) is 2.93. The van der Waals surface area contributed by atoms with Crippen LogP contribution in [0.3, 0.4) is 0 Å². The van der Waals surface area contributed by atoms with E-state index in [2.05, 4.69) is 5.32 Å². The van der Waals surface area contributed by atoms with Crippen molar-refractivity contribution in [2.45, 2.75) is 13.0 Å². The smallest absolute Gasteiger partial charge is 0.322 e. The zero-order valence-electron chi connectivity index (χ0n) is 15.4. The number of benzene rings is 2. The zero-order valence-corrected chi connectivity index (χ0v) is 15.4. The lowest BCUT2D eigenvalue weighted by molar-refractivity contribution is -0.111. The number of allylic oxidation sites excluding steroid dienone is 1. The van der Waals surface area contributed by atoms with Crippen LogP contribution >= 0.6 is 0 Å². The highest BCUT2D eigenvalue weighted by Gasteiger charge is 2.30. The SMILES string of the molecule is CCN1C=C(C(=O)/C=C/c2ccc(OC)cc2)[C@@H](c2ccccc2)NC1=O. The molecule has 1 N–H and O–H groups in total. The number of nitrogens with one attached hydrogen (secondary N) is 1. The van der Waals surface area contributed by atoms with Gasteiger partial charge in [-0.1, -0.05) is 48.5 Å². The lowest BCUT2D eigenvalue weighted by Gasteiger charge is -2.31. The van der Waals surface area contributed by atoms with Gasteiger partial charge in [-0.05, 0) is 36.3 Å². The molecule has 0 aromatic heterocycles. The van der Waals surface area contributed by atoms with Crippen LogP contribution in [0, 0.1) is 0 Å². The summed E-state index contributed by atoms with van der Waals surface area (Å²) in [6.07, 6.45) is 4.95. The van der Waals surface area contributed by atoms with Gasteiger partial charge >= 0.3 is 6.03 Å². The predicted molar refractivity (Wildman–Crippen MR) is 105 cm³/mol.